The fraction of sp³-hybridized carbons (Fsp3) is 0.643. The average Bonchev–Trinajstić information content (AvgIpc) is 2.70. The number of carbonyl (C=O) groups is 1. The van der Waals surface area contributed by atoms with Gasteiger partial charge in [0, 0.05) is 25.4 Å². The first kappa shape index (κ1) is 14.8. The summed E-state index contributed by atoms with van der Waals surface area (Å²) >= 11 is 0. The lowest BCUT2D eigenvalue weighted by Crippen LogP contribution is -2.29. The molecule has 0 fully saturated rings. The van der Waals surface area contributed by atoms with Crippen molar-refractivity contribution in [3.63, 3.8) is 0 Å². The summed E-state index contributed by atoms with van der Waals surface area (Å²) in [5, 5.41) is 2.95. The third kappa shape index (κ3) is 4.92. The number of nitrogens with zero attached hydrogens (tertiary/aromatic N) is 1. The van der Waals surface area contributed by atoms with Crippen molar-refractivity contribution in [2.45, 2.75) is 33.2 Å². The van der Waals surface area contributed by atoms with E-state index in [0.717, 1.165) is 12.1 Å². The number of nitrogens with one attached hydrogen (secondary N) is 1. The second-order valence-electron chi connectivity index (χ2n) is 5.32. The number of nitrogens with two attached hydrogens (primary N) is 1. The minimum Gasteiger partial charge on any atom is -0.353 e. The van der Waals surface area contributed by atoms with Crippen molar-refractivity contribution in [1.29, 1.82) is 0 Å². The third-order valence-electron chi connectivity index (χ3n) is 3.13. The number of amides is 1. The van der Waals surface area contributed by atoms with Gasteiger partial charge in [-0.25, -0.2) is 0 Å². The van der Waals surface area contributed by atoms with Crippen LogP contribution in [0.4, 0.5) is 0 Å². The van der Waals surface area contributed by atoms with E-state index in [4.69, 9.17) is 5.73 Å². The van der Waals surface area contributed by atoms with E-state index >= 15 is 0 Å². The lowest BCUT2D eigenvalue weighted by atomic mass is 9.94. The second kappa shape index (κ2) is 7.21. The van der Waals surface area contributed by atoms with Crippen LogP contribution in [-0.2, 0) is 18.4 Å². The highest BCUT2D eigenvalue weighted by Crippen LogP contribution is 2.14. The van der Waals surface area contributed by atoms with Gasteiger partial charge in [0.05, 0.1) is 6.54 Å². The van der Waals surface area contributed by atoms with Crippen molar-refractivity contribution in [3.05, 3.63) is 24.0 Å². The highest BCUT2D eigenvalue weighted by Gasteiger charge is 2.14. The average molecular weight is 251 g/mol. The molecule has 18 heavy (non-hydrogen) atoms. The molecule has 1 heterocycles. The summed E-state index contributed by atoms with van der Waals surface area (Å²) in [6.07, 6.45) is 3.51. The molecule has 0 spiro atoms. The van der Waals surface area contributed by atoms with Crippen LogP contribution >= 0.6 is 0 Å². The maximum absolute atomic E-state index is 11.8. The van der Waals surface area contributed by atoms with Gasteiger partial charge in [-0.3, -0.25) is 4.79 Å². The lowest BCUT2D eigenvalue weighted by molar-refractivity contribution is -0.122. The minimum absolute atomic E-state index is 0.0901. The Morgan fingerprint density at radius 2 is 2.22 bits per heavy atom. The van der Waals surface area contributed by atoms with Crippen LogP contribution in [0.25, 0.3) is 0 Å². The molecule has 1 unspecified atom stereocenters. The Morgan fingerprint density at radius 1 is 1.50 bits per heavy atom. The molecular formula is C14H25N3O. The van der Waals surface area contributed by atoms with Gasteiger partial charge in [-0.05, 0) is 36.9 Å². The van der Waals surface area contributed by atoms with E-state index in [1.807, 2.05) is 29.9 Å². The number of aromatic nitrogens is 1. The summed E-state index contributed by atoms with van der Waals surface area (Å²) in [6.45, 7) is 5.48. The zero-order valence-electron chi connectivity index (χ0n) is 11.6. The van der Waals surface area contributed by atoms with Crippen molar-refractivity contribution < 1.29 is 4.79 Å². The molecule has 4 nitrogen and oxygen atoms in total. The fourth-order valence-corrected chi connectivity index (χ4v) is 2.13. The molecule has 0 saturated carbocycles. The van der Waals surface area contributed by atoms with Gasteiger partial charge in [0.1, 0.15) is 0 Å². The minimum atomic E-state index is 0.0901. The molecule has 0 saturated heterocycles. The molecule has 1 rings (SSSR count). The van der Waals surface area contributed by atoms with Crippen molar-refractivity contribution >= 4 is 5.91 Å². The van der Waals surface area contributed by atoms with Gasteiger partial charge < -0.3 is 15.6 Å². The van der Waals surface area contributed by atoms with Crippen LogP contribution < -0.4 is 11.1 Å². The van der Waals surface area contributed by atoms with Crippen LogP contribution in [0, 0.1) is 11.8 Å². The quantitative estimate of drug-likeness (QED) is 0.774. The molecule has 0 bridgehead atoms. The molecule has 1 atom stereocenters. The van der Waals surface area contributed by atoms with Gasteiger partial charge in [-0.2, -0.15) is 0 Å². The summed E-state index contributed by atoms with van der Waals surface area (Å²) in [6, 6.07) is 3.98. The van der Waals surface area contributed by atoms with Gasteiger partial charge in [-0.1, -0.05) is 13.8 Å². The van der Waals surface area contributed by atoms with E-state index in [0.29, 0.717) is 31.3 Å². The molecule has 4 heteroatoms. The van der Waals surface area contributed by atoms with Crippen molar-refractivity contribution in [3.8, 4) is 0 Å². The highest BCUT2D eigenvalue weighted by molar-refractivity contribution is 5.76. The van der Waals surface area contributed by atoms with E-state index in [1.54, 1.807) is 0 Å². The van der Waals surface area contributed by atoms with Crippen LogP contribution in [0.1, 0.15) is 32.4 Å². The molecule has 3 N–H and O–H groups in total. The second-order valence-corrected chi connectivity index (χ2v) is 5.32. The monoisotopic (exact) mass is 251 g/mol. The Labute approximate surface area is 110 Å². The molecule has 0 radical (unpaired) electrons. The molecule has 102 valence electrons. The van der Waals surface area contributed by atoms with Gasteiger partial charge >= 0.3 is 0 Å². The molecule has 0 aliphatic rings. The molecule has 1 aromatic heterocycles. The zero-order chi connectivity index (χ0) is 13.5. The Morgan fingerprint density at radius 3 is 2.72 bits per heavy atom. The smallest absolute Gasteiger partial charge is 0.220 e. The Hall–Kier alpha value is -1.29. The number of hydrogen-bond acceptors (Lipinski definition) is 2. The fourth-order valence-electron chi connectivity index (χ4n) is 2.13. The van der Waals surface area contributed by atoms with Crippen molar-refractivity contribution in [2.24, 2.45) is 24.6 Å². The highest BCUT2D eigenvalue weighted by atomic mass is 16.1. The summed E-state index contributed by atoms with van der Waals surface area (Å²) in [5.41, 5.74) is 6.81. The summed E-state index contributed by atoms with van der Waals surface area (Å²) < 4.78 is 2.01. The van der Waals surface area contributed by atoms with E-state index in [-0.39, 0.29) is 5.91 Å². The Balaban J connectivity index is 2.34. The molecule has 1 aromatic rings. The molecule has 1 amide bonds. The van der Waals surface area contributed by atoms with Gasteiger partial charge in [0.15, 0.2) is 0 Å². The van der Waals surface area contributed by atoms with E-state index < -0.39 is 0 Å². The molecule has 0 aliphatic carbocycles. The van der Waals surface area contributed by atoms with E-state index in [2.05, 4.69) is 19.2 Å². The van der Waals surface area contributed by atoms with Gasteiger partial charge in [0.2, 0.25) is 5.91 Å². The topological polar surface area (TPSA) is 60.1 Å². The maximum Gasteiger partial charge on any atom is 0.220 e. The summed E-state index contributed by atoms with van der Waals surface area (Å²) in [5.74, 6) is 0.963. The molecule has 0 aromatic carbocycles. The predicted octanol–water partition coefficient (Wildman–Crippen LogP) is 1.65. The first-order valence-electron chi connectivity index (χ1n) is 6.60. The van der Waals surface area contributed by atoms with Crippen LogP contribution in [-0.4, -0.2) is 17.0 Å². The van der Waals surface area contributed by atoms with Crippen molar-refractivity contribution in [1.82, 2.24) is 9.88 Å². The zero-order valence-corrected chi connectivity index (χ0v) is 11.6. The van der Waals surface area contributed by atoms with Crippen molar-refractivity contribution in [2.75, 3.05) is 6.54 Å². The summed E-state index contributed by atoms with van der Waals surface area (Å²) in [7, 11) is 1.98. The van der Waals surface area contributed by atoms with Crippen LogP contribution in [0.3, 0.4) is 0 Å². The molecular weight excluding hydrogens is 226 g/mol. The van der Waals surface area contributed by atoms with E-state index in [9.17, 15) is 4.79 Å². The maximum atomic E-state index is 11.8. The first-order chi connectivity index (χ1) is 8.52. The standard InChI is InChI=1S/C14H25N3O/c1-11(2)7-12(9-15)8-14(18)16-10-13-5-4-6-17(13)3/h4-6,11-12H,7-10,15H2,1-3H3,(H,16,18). The van der Waals surface area contributed by atoms with Gasteiger partial charge in [0.25, 0.3) is 0 Å². The Kier molecular flexibility index (Phi) is 5.92. The van der Waals surface area contributed by atoms with Crippen LogP contribution in [0.15, 0.2) is 18.3 Å². The predicted molar refractivity (Wildman–Crippen MR) is 73.9 cm³/mol. The number of aryl methyl sites for hydroxylation is 1. The SMILES string of the molecule is CC(C)CC(CN)CC(=O)NCc1cccn1C. The van der Waals surface area contributed by atoms with Crippen LogP contribution in [0.2, 0.25) is 0 Å². The first-order valence-corrected chi connectivity index (χ1v) is 6.60. The number of rotatable bonds is 7. The lowest BCUT2D eigenvalue weighted by Gasteiger charge is -2.16. The normalized spacial score (nSPS) is 12.7. The number of carbonyl (C=O) groups excluding carboxylic acids is 1. The third-order valence-corrected chi connectivity index (χ3v) is 3.13. The van der Waals surface area contributed by atoms with E-state index in [1.165, 1.54) is 0 Å². The Bertz CT molecular complexity index is 371. The molecule has 0 aliphatic heterocycles. The number of hydrogen-bond donors (Lipinski definition) is 2. The van der Waals surface area contributed by atoms with Gasteiger partial charge in [-0.15, -0.1) is 0 Å². The summed E-state index contributed by atoms with van der Waals surface area (Å²) in [4.78, 5) is 11.8. The largest absolute Gasteiger partial charge is 0.353 e. The van der Waals surface area contributed by atoms with Crippen LogP contribution in [0.5, 0.6) is 0 Å².